The highest BCUT2D eigenvalue weighted by Gasteiger charge is 2.07. The zero-order chi connectivity index (χ0) is 9.68. The molecule has 0 aliphatic heterocycles. The summed E-state index contributed by atoms with van der Waals surface area (Å²) in [5.41, 5.74) is 4.87. The minimum Gasteiger partial charge on any atom is -0.271 e. The van der Waals surface area contributed by atoms with Gasteiger partial charge in [-0.15, -0.1) is 0 Å². The molecule has 1 aromatic carbocycles. The number of rotatable bonds is 3. The molecule has 3 nitrogen and oxygen atoms in total. The van der Waals surface area contributed by atoms with Gasteiger partial charge in [0.1, 0.15) is 0 Å². The zero-order valence-corrected chi connectivity index (χ0v) is 7.62. The van der Waals surface area contributed by atoms with E-state index in [0.29, 0.717) is 6.42 Å². The standard InChI is InChI=1S/C10H13N3/c1-8-2-4-9(5-3-8)10(13-12)6-7-11/h2-5,10,13H,6,12H2,1H3/t10-/m1/s1. The Morgan fingerprint density at radius 2 is 2.08 bits per heavy atom. The predicted molar refractivity (Wildman–Crippen MR) is 51.5 cm³/mol. The third-order valence-corrected chi connectivity index (χ3v) is 1.98. The van der Waals surface area contributed by atoms with Crippen molar-refractivity contribution in [1.82, 2.24) is 5.43 Å². The molecule has 0 spiro atoms. The van der Waals surface area contributed by atoms with Crippen molar-refractivity contribution in [2.45, 2.75) is 19.4 Å². The van der Waals surface area contributed by atoms with Crippen LogP contribution >= 0.6 is 0 Å². The van der Waals surface area contributed by atoms with Gasteiger partial charge in [0, 0.05) is 0 Å². The lowest BCUT2D eigenvalue weighted by atomic mass is 10.0. The molecule has 1 rings (SSSR count). The van der Waals surface area contributed by atoms with Gasteiger partial charge in [-0.3, -0.25) is 11.3 Å². The molecule has 0 saturated heterocycles. The Labute approximate surface area is 78.1 Å². The molecule has 0 radical (unpaired) electrons. The van der Waals surface area contributed by atoms with Gasteiger partial charge in [0.05, 0.1) is 18.5 Å². The van der Waals surface area contributed by atoms with Crippen molar-refractivity contribution in [2.24, 2.45) is 5.84 Å². The number of benzene rings is 1. The average molecular weight is 175 g/mol. The van der Waals surface area contributed by atoms with Crippen LogP contribution in [-0.4, -0.2) is 0 Å². The summed E-state index contributed by atoms with van der Waals surface area (Å²) in [6, 6.07) is 10.0. The van der Waals surface area contributed by atoms with Crippen molar-refractivity contribution >= 4 is 0 Å². The molecule has 0 aromatic heterocycles. The van der Waals surface area contributed by atoms with Crippen molar-refractivity contribution in [3.8, 4) is 6.07 Å². The summed E-state index contributed by atoms with van der Waals surface area (Å²) in [7, 11) is 0. The zero-order valence-electron chi connectivity index (χ0n) is 7.62. The lowest BCUT2D eigenvalue weighted by Crippen LogP contribution is -2.27. The molecule has 0 fully saturated rings. The first kappa shape index (κ1) is 9.72. The van der Waals surface area contributed by atoms with Crippen molar-refractivity contribution in [3.63, 3.8) is 0 Å². The molecule has 0 unspecified atom stereocenters. The van der Waals surface area contributed by atoms with Gasteiger partial charge in [-0.1, -0.05) is 29.8 Å². The van der Waals surface area contributed by atoms with Gasteiger partial charge in [-0.2, -0.15) is 5.26 Å². The first-order chi connectivity index (χ1) is 6.27. The second-order valence-electron chi connectivity index (χ2n) is 2.99. The van der Waals surface area contributed by atoms with Crippen molar-refractivity contribution < 1.29 is 0 Å². The van der Waals surface area contributed by atoms with Crippen LogP contribution in [-0.2, 0) is 0 Å². The van der Waals surface area contributed by atoms with Crippen LogP contribution in [0.4, 0.5) is 0 Å². The highest BCUT2D eigenvalue weighted by atomic mass is 15.2. The molecule has 0 saturated carbocycles. The minimum atomic E-state index is -0.0643. The molecule has 1 aromatic rings. The van der Waals surface area contributed by atoms with Gasteiger partial charge in [0.25, 0.3) is 0 Å². The Kier molecular flexibility index (Phi) is 3.44. The summed E-state index contributed by atoms with van der Waals surface area (Å²) in [5.74, 6) is 5.33. The van der Waals surface area contributed by atoms with Gasteiger partial charge in [0.15, 0.2) is 0 Å². The lowest BCUT2D eigenvalue weighted by molar-refractivity contribution is 0.565. The highest BCUT2D eigenvalue weighted by molar-refractivity contribution is 5.24. The topological polar surface area (TPSA) is 61.8 Å². The van der Waals surface area contributed by atoms with Crippen molar-refractivity contribution in [3.05, 3.63) is 35.4 Å². The first-order valence-corrected chi connectivity index (χ1v) is 4.17. The molecule has 0 heterocycles. The molecule has 3 heteroatoms. The quantitative estimate of drug-likeness (QED) is 0.539. The lowest BCUT2D eigenvalue weighted by Gasteiger charge is -2.12. The maximum absolute atomic E-state index is 8.54. The number of nitrogens with zero attached hydrogens (tertiary/aromatic N) is 1. The van der Waals surface area contributed by atoms with E-state index in [1.165, 1.54) is 5.56 Å². The summed E-state index contributed by atoms with van der Waals surface area (Å²) in [6.45, 7) is 2.03. The summed E-state index contributed by atoms with van der Waals surface area (Å²) in [5, 5.41) is 8.54. The second kappa shape index (κ2) is 4.61. The van der Waals surface area contributed by atoms with Gasteiger partial charge in [-0.25, -0.2) is 0 Å². The normalized spacial score (nSPS) is 12.1. The van der Waals surface area contributed by atoms with Gasteiger partial charge >= 0.3 is 0 Å². The molecular formula is C10H13N3. The Hall–Kier alpha value is -1.37. The maximum atomic E-state index is 8.54. The molecule has 13 heavy (non-hydrogen) atoms. The van der Waals surface area contributed by atoms with E-state index in [2.05, 4.69) is 11.5 Å². The summed E-state index contributed by atoms with van der Waals surface area (Å²) in [6.07, 6.45) is 0.388. The SMILES string of the molecule is Cc1ccc([C@@H](CC#N)NN)cc1. The molecule has 0 amide bonds. The van der Waals surface area contributed by atoms with E-state index < -0.39 is 0 Å². The van der Waals surface area contributed by atoms with Crippen LogP contribution in [0, 0.1) is 18.3 Å². The highest BCUT2D eigenvalue weighted by Crippen LogP contribution is 2.15. The fraction of sp³-hybridized carbons (Fsp3) is 0.300. The molecule has 0 aliphatic rings. The number of hydrazine groups is 1. The van der Waals surface area contributed by atoms with E-state index >= 15 is 0 Å². The van der Waals surface area contributed by atoms with Crippen LogP contribution < -0.4 is 11.3 Å². The van der Waals surface area contributed by atoms with Gasteiger partial charge in [-0.05, 0) is 12.5 Å². The van der Waals surface area contributed by atoms with E-state index in [9.17, 15) is 0 Å². The van der Waals surface area contributed by atoms with Gasteiger partial charge in [0.2, 0.25) is 0 Å². The van der Waals surface area contributed by atoms with Crippen LogP contribution in [0.2, 0.25) is 0 Å². The predicted octanol–water partition coefficient (Wildman–Crippen LogP) is 1.41. The largest absolute Gasteiger partial charge is 0.271 e. The van der Waals surface area contributed by atoms with Crippen LogP contribution in [0.15, 0.2) is 24.3 Å². The molecule has 0 bridgehead atoms. The smallest absolute Gasteiger partial charge is 0.0642 e. The number of nitrogens with two attached hydrogens (primary N) is 1. The Morgan fingerprint density at radius 1 is 1.46 bits per heavy atom. The van der Waals surface area contributed by atoms with Crippen LogP contribution in [0.1, 0.15) is 23.6 Å². The van der Waals surface area contributed by atoms with E-state index in [0.717, 1.165) is 5.56 Å². The van der Waals surface area contributed by atoms with Crippen molar-refractivity contribution in [2.75, 3.05) is 0 Å². The third kappa shape index (κ3) is 2.55. The number of hydrogen-bond acceptors (Lipinski definition) is 3. The second-order valence-corrected chi connectivity index (χ2v) is 2.99. The number of aryl methyl sites for hydroxylation is 1. The number of hydrogen-bond donors (Lipinski definition) is 2. The van der Waals surface area contributed by atoms with Crippen LogP contribution in [0.25, 0.3) is 0 Å². The number of nitriles is 1. The van der Waals surface area contributed by atoms with E-state index in [-0.39, 0.29) is 6.04 Å². The van der Waals surface area contributed by atoms with Crippen LogP contribution in [0.5, 0.6) is 0 Å². The van der Waals surface area contributed by atoms with Gasteiger partial charge < -0.3 is 0 Å². The molecule has 0 aliphatic carbocycles. The van der Waals surface area contributed by atoms with E-state index in [4.69, 9.17) is 11.1 Å². The molecule has 3 N–H and O–H groups in total. The number of nitrogens with one attached hydrogen (secondary N) is 1. The minimum absolute atomic E-state index is 0.0643. The Bertz CT molecular complexity index is 297. The third-order valence-electron chi connectivity index (χ3n) is 1.98. The first-order valence-electron chi connectivity index (χ1n) is 4.17. The average Bonchev–Trinajstić information content (AvgIpc) is 2.16. The van der Waals surface area contributed by atoms with E-state index in [1.807, 2.05) is 31.2 Å². The van der Waals surface area contributed by atoms with E-state index in [1.54, 1.807) is 0 Å². The maximum Gasteiger partial charge on any atom is 0.0642 e. The summed E-state index contributed by atoms with van der Waals surface area (Å²) >= 11 is 0. The fourth-order valence-corrected chi connectivity index (χ4v) is 1.16. The Balaban J connectivity index is 2.80. The Morgan fingerprint density at radius 3 is 2.54 bits per heavy atom. The molecular weight excluding hydrogens is 162 g/mol. The molecule has 1 atom stereocenters. The fourth-order valence-electron chi connectivity index (χ4n) is 1.16. The monoisotopic (exact) mass is 175 g/mol. The van der Waals surface area contributed by atoms with Crippen LogP contribution in [0.3, 0.4) is 0 Å². The summed E-state index contributed by atoms with van der Waals surface area (Å²) in [4.78, 5) is 0. The molecule has 68 valence electrons. The van der Waals surface area contributed by atoms with Crippen molar-refractivity contribution in [1.29, 1.82) is 5.26 Å². The summed E-state index contributed by atoms with van der Waals surface area (Å²) < 4.78 is 0.